The number of carbonyl (C=O) groups excluding carboxylic acids is 1. The Morgan fingerprint density at radius 3 is 2.70 bits per heavy atom. The molecule has 0 aromatic heterocycles. The van der Waals surface area contributed by atoms with Crippen molar-refractivity contribution in [1.29, 1.82) is 0 Å². The standard InChI is InChI=1S/C14H18ClN3O2/c1-3-4-9-18-14(19)16-13(20-2)12(17-18)10-5-7-11(15)8-6-10/h5-8,13H,3-4,9H2,1-2H3,(H,16,19). The zero-order valence-electron chi connectivity index (χ0n) is 11.6. The zero-order chi connectivity index (χ0) is 14.5. The van der Waals surface area contributed by atoms with Crippen LogP contribution in [0.4, 0.5) is 4.79 Å². The maximum absolute atomic E-state index is 11.9. The minimum atomic E-state index is -0.540. The number of amides is 2. The fourth-order valence-electron chi connectivity index (χ4n) is 1.94. The molecule has 0 saturated carbocycles. The molecule has 0 saturated heterocycles. The quantitative estimate of drug-likeness (QED) is 0.908. The van der Waals surface area contributed by atoms with Crippen LogP contribution in [0.5, 0.6) is 0 Å². The molecule has 0 aliphatic carbocycles. The first-order chi connectivity index (χ1) is 9.65. The number of urea groups is 1. The molecule has 0 radical (unpaired) electrons. The van der Waals surface area contributed by atoms with E-state index in [1.807, 2.05) is 12.1 Å². The molecule has 2 amide bonds. The van der Waals surface area contributed by atoms with E-state index in [1.165, 1.54) is 12.1 Å². The molecular weight excluding hydrogens is 278 g/mol. The topological polar surface area (TPSA) is 53.9 Å². The second-order valence-corrected chi connectivity index (χ2v) is 4.97. The van der Waals surface area contributed by atoms with Gasteiger partial charge in [-0.1, -0.05) is 37.1 Å². The minimum absolute atomic E-state index is 0.233. The average Bonchev–Trinajstić information content (AvgIpc) is 2.46. The van der Waals surface area contributed by atoms with Crippen molar-refractivity contribution in [1.82, 2.24) is 10.3 Å². The fraction of sp³-hybridized carbons (Fsp3) is 0.429. The van der Waals surface area contributed by atoms with Crippen LogP contribution in [0, 0.1) is 0 Å². The lowest BCUT2D eigenvalue weighted by Gasteiger charge is -2.29. The summed E-state index contributed by atoms with van der Waals surface area (Å²) in [6, 6.07) is 7.08. The van der Waals surface area contributed by atoms with Gasteiger partial charge in [-0.15, -0.1) is 0 Å². The summed E-state index contributed by atoms with van der Waals surface area (Å²) in [5.41, 5.74) is 1.56. The van der Waals surface area contributed by atoms with Gasteiger partial charge in [0, 0.05) is 24.2 Å². The summed E-state index contributed by atoms with van der Waals surface area (Å²) in [6.07, 6.45) is 1.37. The molecule has 20 heavy (non-hydrogen) atoms. The summed E-state index contributed by atoms with van der Waals surface area (Å²) >= 11 is 5.89. The van der Waals surface area contributed by atoms with Crippen molar-refractivity contribution >= 4 is 23.3 Å². The van der Waals surface area contributed by atoms with Crippen molar-refractivity contribution in [2.24, 2.45) is 5.10 Å². The van der Waals surface area contributed by atoms with Crippen LogP contribution in [0.25, 0.3) is 0 Å². The van der Waals surface area contributed by atoms with Gasteiger partial charge in [0.25, 0.3) is 0 Å². The van der Waals surface area contributed by atoms with E-state index in [0.29, 0.717) is 17.3 Å². The molecule has 1 unspecified atom stereocenters. The molecule has 0 spiro atoms. The molecule has 2 rings (SSSR count). The molecule has 1 aliphatic rings. The monoisotopic (exact) mass is 295 g/mol. The maximum atomic E-state index is 11.9. The van der Waals surface area contributed by atoms with E-state index in [-0.39, 0.29) is 6.03 Å². The van der Waals surface area contributed by atoms with Gasteiger partial charge < -0.3 is 10.1 Å². The van der Waals surface area contributed by atoms with Crippen molar-refractivity contribution in [2.45, 2.75) is 26.0 Å². The van der Waals surface area contributed by atoms with Crippen LogP contribution in [0.3, 0.4) is 0 Å². The Balaban J connectivity index is 2.29. The second-order valence-electron chi connectivity index (χ2n) is 4.53. The molecule has 0 fully saturated rings. The number of unbranched alkanes of at least 4 members (excludes halogenated alkanes) is 1. The Kier molecular flexibility index (Phi) is 4.98. The number of rotatable bonds is 5. The number of nitrogens with one attached hydrogen (secondary N) is 1. The molecule has 6 heteroatoms. The van der Waals surface area contributed by atoms with E-state index < -0.39 is 6.23 Å². The number of nitrogens with zero attached hydrogens (tertiary/aromatic N) is 2. The Hall–Kier alpha value is -1.59. The summed E-state index contributed by atoms with van der Waals surface area (Å²) in [6.45, 7) is 2.67. The lowest BCUT2D eigenvalue weighted by Crippen LogP contribution is -2.53. The van der Waals surface area contributed by atoms with Gasteiger partial charge in [-0.05, 0) is 18.6 Å². The first kappa shape index (κ1) is 14.8. The van der Waals surface area contributed by atoms with E-state index in [4.69, 9.17) is 16.3 Å². The van der Waals surface area contributed by atoms with E-state index >= 15 is 0 Å². The van der Waals surface area contributed by atoms with Crippen LogP contribution in [-0.4, -0.2) is 36.6 Å². The molecule has 1 heterocycles. The van der Waals surface area contributed by atoms with Crippen molar-refractivity contribution in [3.8, 4) is 0 Å². The molecule has 1 aromatic rings. The van der Waals surface area contributed by atoms with Crippen molar-refractivity contribution in [3.63, 3.8) is 0 Å². The third-order valence-corrected chi connectivity index (χ3v) is 3.32. The highest BCUT2D eigenvalue weighted by Gasteiger charge is 2.28. The summed E-state index contributed by atoms with van der Waals surface area (Å²) in [5.74, 6) is 0. The number of halogens is 1. The van der Waals surface area contributed by atoms with Gasteiger partial charge in [0.1, 0.15) is 5.71 Å². The van der Waals surface area contributed by atoms with Gasteiger partial charge in [0.15, 0.2) is 6.23 Å². The number of hydrogen-bond donors (Lipinski definition) is 1. The summed E-state index contributed by atoms with van der Waals surface area (Å²) < 4.78 is 5.29. The summed E-state index contributed by atoms with van der Waals surface area (Å²) in [7, 11) is 1.54. The first-order valence-electron chi connectivity index (χ1n) is 6.61. The number of ether oxygens (including phenoxy) is 1. The predicted octanol–water partition coefficient (Wildman–Crippen LogP) is 2.84. The van der Waals surface area contributed by atoms with Crippen molar-refractivity contribution < 1.29 is 9.53 Å². The molecule has 1 aliphatic heterocycles. The van der Waals surface area contributed by atoms with Gasteiger partial charge in [-0.3, -0.25) is 0 Å². The Morgan fingerprint density at radius 1 is 1.40 bits per heavy atom. The number of hydrogen-bond acceptors (Lipinski definition) is 3. The highest BCUT2D eigenvalue weighted by molar-refractivity contribution is 6.30. The Labute approximate surface area is 123 Å². The number of carbonyl (C=O) groups is 1. The largest absolute Gasteiger partial charge is 0.356 e. The van der Waals surface area contributed by atoms with Crippen LogP contribution >= 0.6 is 11.6 Å². The lowest BCUT2D eigenvalue weighted by molar-refractivity contribution is 0.109. The number of benzene rings is 1. The summed E-state index contributed by atoms with van der Waals surface area (Å²) in [4.78, 5) is 11.9. The smallest absolute Gasteiger partial charge is 0.340 e. The minimum Gasteiger partial charge on any atom is -0.356 e. The SMILES string of the molecule is CCCCN1N=C(c2ccc(Cl)cc2)C(OC)NC1=O. The highest BCUT2D eigenvalue weighted by atomic mass is 35.5. The van der Waals surface area contributed by atoms with Crippen molar-refractivity contribution in [3.05, 3.63) is 34.9 Å². The molecular formula is C14H18ClN3O2. The van der Waals surface area contributed by atoms with Gasteiger partial charge in [-0.25, -0.2) is 9.80 Å². The van der Waals surface area contributed by atoms with Gasteiger partial charge in [0.05, 0.1) is 0 Å². The van der Waals surface area contributed by atoms with E-state index in [1.54, 1.807) is 12.1 Å². The first-order valence-corrected chi connectivity index (χ1v) is 6.98. The second kappa shape index (κ2) is 6.72. The van der Waals surface area contributed by atoms with Crippen LogP contribution < -0.4 is 5.32 Å². The molecule has 1 N–H and O–H groups in total. The number of hydrazone groups is 1. The predicted molar refractivity (Wildman–Crippen MR) is 78.9 cm³/mol. The normalized spacial score (nSPS) is 18.8. The summed E-state index contributed by atoms with van der Waals surface area (Å²) in [5, 5.41) is 9.32. The van der Waals surface area contributed by atoms with Gasteiger partial charge in [0.2, 0.25) is 0 Å². The fourth-order valence-corrected chi connectivity index (χ4v) is 2.07. The Morgan fingerprint density at radius 2 is 2.10 bits per heavy atom. The molecule has 5 nitrogen and oxygen atoms in total. The van der Waals surface area contributed by atoms with Gasteiger partial charge in [-0.2, -0.15) is 5.10 Å². The maximum Gasteiger partial charge on any atom is 0.340 e. The molecule has 1 aromatic carbocycles. The number of methoxy groups -OCH3 is 1. The molecule has 1 atom stereocenters. The van der Waals surface area contributed by atoms with Crippen LogP contribution in [0.2, 0.25) is 5.02 Å². The van der Waals surface area contributed by atoms with E-state index in [9.17, 15) is 4.79 Å². The highest BCUT2D eigenvalue weighted by Crippen LogP contribution is 2.16. The van der Waals surface area contributed by atoms with Crippen LogP contribution in [-0.2, 0) is 4.74 Å². The average molecular weight is 296 g/mol. The van der Waals surface area contributed by atoms with Crippen molar-refractivity contribution in [2.75, 3.05) is 13.7 Å². The van der Waals surface area contributed by atoms with Crippen LogP contribution in [0.1, 0.15) is 25.3 Å². The third kappa shape index (κ3) is 3.29. The van der Waals surface area contributed by atoms with E-state index in [2.05, 4.69) is 17.3 Å². The zero-order valence-corrected chi connectivity index (χ0v) is 12.4. The van der Waals surface area contributed by atoms with E-state index in [0.717, 1.165) is 18.4 Å². The third-order valence-electron chi connectivity index (χ3n) is 3.06. The Bertz CT molecular complexity index is 502. The van der Waals surface area contributed by atoms with Gasteiger partial charge >= 0.3 is 6.03 Å². The molecule has 108 valence electrons. The molecule has 0 bridgehead atoms. The van der Waals surface area contributed by atoms with Crippen LogP contribution in [0.15, 0.2) is 29.4 Å². The lowest BCUT2D eigenvalue weighted by atomic mass is 10.1.